The molecule has 3 fully saturated rings. The standard InChI is InChI=1S/C49H34N4O8/c54-31-17-20-38-27(22-31)21-28(24-59-38)41-32-18-19-33-42(48(57)52(46(33)55)29-13-9-25(10-14-29)44-50-36-5-1-3-7-39(36)60-44)34(32)23-35-43(41)49(58)53(47(35)56)30-15-11-26(12-16-30)45-51-37-6-2-4-8-40(37)61-45/h1-18,20,22,24,33-35,41-43,54H,19,21,23H2. The van der Waals surface area contributed by atoms with Crippen molar-refractivity contribution in [1.82, 2.24) is 9.97 Å². The summed E-state index contributed by atoms with van der Waals surface area (Å²) in [5.74, 6) is -3.78. The van der Waals surface area contributed by atoms with Crippen molar-refractivity contribution in [3.8, 4) is 34.4 Å². The third-order valence-electron chi connectivity index (χ3n) is 13.2. The fourth-order valence-corrected chi connectivity index (χ4v) is 10.4. The highest BCUT2D eigenvalue weighted by molar-refractivity contribution is 6.24. The number of aromatic nitrogens is 2. The minimum Gasteiger partial charge on any atom is -0.508 e. The van der Waals surface area contributed by atoms with E-state index in [0.29, 0.717) is 64.0 Å². The molecule has 0 radical (unpaired) electrons. The molecular weight excluding hydrogens is 773 g/mol. The summed E-state index contributed by atoms with van der Waals surface area (Å²) in [6, 6.07) is 33.9. The number of carbonyl (C=O) groups excluding carboxylic acids is 4. The molecule has 5 heterocycles. The first kappa shape index (κ1) is 35.4. The SMILES string of the molecule is O=C1C2CC=C3C(CC4C(=O)N(c5ccc(-c6nc7ccccc7o6)cc5)C(=O)C4C3C3=COc4ccc(O)cc4C3)C2C(=O)N1c1ccc(-c2nc3ccccc3o2)cc1. The van der Waals surface area contributed by atoms with Crippen LogP contribution >= 0.6 is 0 Å². The molecule has 5 aliphatic rings. The summed E-state index contributed by atoms with van der Waals surface area (Å²) in [5.41, 5.74) is 7.38. The number of imide groups is 2. The van der Waals surface area contributed by atoms with Crippen LogP contribution in [-0.2, 0) is 25.6 Å². The highest BCUT2D eigenvalue weighted by Crippen LogP contribution is 2.58. The molecule has 3 aliphatic heterocycles. The van der Waals surface area contributed by atoms with Crippen molar-refractivity contribution in [2.24, 2.45) is 35.5 Å². The Bertz CT molecular complexity index is 3020. The number of aromatic hydroxyl groups is 1. The molecule has 2 aliphatic carbocycles. The Kier molecular flexibility index (Phi) is 7.65. The average Bonchev–Trinajstić information content (AvgIpc) is 4.04. The molecule has 6 unspecified atom stereocenters. The molecule has 2 aromatic heterocycles. The predicted molar refractivity (Wildman–Crippen MR) is 223 cm³/mol. The van der Waals surface area contributed by atoms with Crippen LogP contribution < -0.4 is 14.5 Å². The first-order chi connectivity index (χ1) is 29.8. The van der Waals surface area contributed by atoms with Gasteiger partial charge in [0.15, 0.2) is 11.2 Å². The zero-order valence-electron chi connectivity index (χ0n) is 32.3. The number of allylic oxidation sites excluding steroid dienone is 3. The van der Waals surface area contributed by atoms with E-state index in [4.69, 9.17) is 13.6 Å². The summed E-state index contributed by atoms with van der Waals surface area (Å²) in [5, 5.41) is 10.4. The van der Waals surface area contributed by atoms with Gasteiger partial charge in [-0.25, -0.2) is 9.97 Å². The minimum atomic E-state index is -0.778. The molecule has 0 spiro atoms. The molecule has 12 nitrogen and oxygen atoms in total. The highest BCUT2D eigenvalue weighted by atomic mass is 16.5. The minimum absolute atomic E-state index is 0.0827. The second-order valence-electron chi connectivity index (χ2n) is 16.4. The van der Waals surface area contributed by atoms with E-state index in [9.17, 15) is 24.3 Å². The molecule has 5 aromatic carbocycles. The first-order valence-electron chi connectivity index (χ1n) is 20.3. The second kappa shape index (κ2) is 13.2. The number of amides is 4. The first-order valence-corrected chi connectivity index (χ1v) is 20.3. The lowest BCUT2D eigenvalue weighted by Crippen LogP contribution is -2.45. The van der Waals surface area contributed by atoms with Crippen LogP contribution in [0.3, 0.4) is 0 Å². The van der Waals surface area contributed by atoms with E-state index in [1.54, 1.807) is 73.0 Å². The van der Waals surface area contributed by atoms with Crippen LogP contribution in [0.4, 0.5) is 11.4 Å². The number of phenolic OH excluding ortho intramolecular Hbond substituents is 1. The van der Waals surface area contributed by atoms with Crippen LogP contribution in [0.5, 0.6) is 11.5 Å². The summed E-state index contributed by atoms with van der Waals surface area (Å²) in [4.78, 5) is 70.2. The van der Waals surface area contributed by atoms with Crippen molar-refractivity contribution in [1.29, 1.82) is 0 Å². The number of fused-ring (bicyclic) bond motifs is 7. The summed E-state index contributed by atoms with van der Waals surface area (Å²) in [7, 11) is 0. The summed E-state index contributed by atoms with van der Waals surface area (Å²) in [6.45, 7) is 0. The van der Waals surface area contributed by atoms with Crippen molar-refractivity contribution >= 4 is 57.2 Å². The maximum absolute atomic E-state index is 14.8. The van der Waals surface area contributed by atoms with Crippen LogP contribution in [-0.4, -0.2) is 38.7 Å². The van der Waals surface area contributed by atoms with E-state index in [2.05, 4.69) is 9.97 Å². The zero-order valence-corrected chi connectivity index (χ0v) is 32.3. The van der Waals surface area contributed by atoms with Crippen molar-refractivity contribution in [2.75, 3.05) is 9.80 Å². The van der Waals surface area contributed by atoms with Gasteiger partial charge in [0.25, 0.3) is 0 Å². The number of oxazole rings is 2. The Morgan fingerprint density at radius 1 is 0.607 bits per heavy atom. The number of phenols is 1. The number of anilines is 2. The highest BCUT2D eigenvalue weighted by Gasteiger charge is 2.62. The summed E-state index contributed by atoms with van der Waals surface area (Å²) >= 11 is 0. The van der Waals surface area contributed by atoms with Gasteiger partial charge in [-0.2, -0.15) is 0 Å². The van der Waals surface area contributed by atoms with Crippen molar-refractivity contribution in [2.45, 2.75) is 19.3 Å². The molecule has 7 aromatic rings. The molecular formula is C49H34N4O8. The third-order valence-corrected chi connectivity index (χ3v) is 13.2. The monoisotopic (exact) mass is 806 g/mol. The molecule has 1 N–H and O–H groups in total. The maximum atomic E-state index is 14.8. The topological polar surface area (TPSA) is 156 Å². The third kappa shape index (κ3) is 5.37. The number of carbonyl (C=O) groups is 4. The van der Waals surface area contributed by atoms with E-state index < -0.39 is 35.5 Å². The quantitative estimate of drug-likeness (QED) is 0.132. The number of ether oxygens (including phenoxy) is 1. The number of rotatable bonds is 5. The molecule has 4 amide bonds. The van der Waals surface area contributed by atoms with Gasteiger partial charge in [-0.3, -0.25) is 29.0 Å². The Morgan fingerprint density at radius 3 is 1.79 bits per heavy atom. The lowest BCUT2D eigenvalue weighted by atomic mass is 9.56. The van der Waals surface area contributed by atoms with Crippen molar-refractivity contribution in [3.63, 3.8) is 0 Å². The van der Waals surface area contributed by atoms with Crippen LogP contribution in [0.1, 0.15) is 18.4 Å². The van der Waals surface area contributed by atoms with Gasteiger partial charge >= 0.3 is 0 Å². The fraction of sp³-hybridized carbons (Fsp3) is 0.184. The molecule has 12 rings (SSSR count). The Balaban J connectivity index is 0.885. The fourth-order valence-electron chi connectivity index (χ4n) is 10.4. The Hall–Kier alpha value is -7.60. The van der Waals surface area contributed by atoms with Gasteiger partial charge < -0.3 is 18.7 Å². The van der Waals surface area contributed by atoms with E-state index in [-0.39, 0.29) is 35.8 Å². The van der Waals surface area contributed by atoms with E-state index in [1.165, 1.54) is 9.80 Å². The second-order valence-corrected chi connectivity index (χ2v) is 16.4. The molecule has 0 bridgehead atoms. The zero-order chi connectivity index (χ0) is 41.1. The summed E-state index contributed by atoms with van der Waals surface area (Å²) < 4.78 is 18.0. The van der Waals surface area contributed by atoms with Gasteiger partial charge in [0, 0.05) is 29.0 Å². The molecule has 6 atom stereocenters. The average molecular weight is 807 g/mol. The van der Waals surface area contributed by atoms with Gasteiger partial charge in [-0.1, -0.05) is 35.9 Å². The molecule has 12 heteroatoms. The molecule has 61 heavy (non-hydrogen) atoms. The van der Waals surface area contributed by atoms with Crippen molar-refractivity contribution < 1.29 is 37.9 Å². The van der Waals surface area contributed by atoms with Gasteiger partial charge in [0.2, 0.25) is 35.4 Å². The lowest BCUT2D eigenvalue weighted by Gasteiger charge is -2.45. The van der Waals surface area contributed by atoms with Crippen LogP contribution in [0.25, 0.3) is 45.1 Å². The van der Waals surface area contributed by atoms with E-state index >= 15 is 0 Å². The number of hydrogen-bond donors (Lipinski definition) is 1. The van der Waals surface area contributed by atoms with Gasteiger partial charge in [-0.05, 0) is 115 Å². The number of nitrogens with zero attached hydrogens (tertiary/aromatic N) is 4. The Labute approximate surface area is 347 Å². The lowest BCUT2D eigenvalue weighted by molar-refractivity contribution is -0.126. The smallest absolute Gasteiger partial charge is 0.238 e. The molecule has 1 saturated carbocycles. The van der Waals surface area contributed by atoms with Crippen LogP contribution in [0.2, 0.25) is 0 Å². The number of benzene rings is 5. The van der Waals surface area contributed by atoms with Crippen LogP contribution in [0.15, 0.2) is 148 Å². The van der Waals surface area contributed by atoms with Gasteiger partial charge in [0.05, 0.1) is 41.3 Å². The van der Waals surface area contributed by atoms with Gasteiger partial charge in [-0.15, -0.1) is 0 Å². The summed E-state index contributed by atoms with van der Waals surface area (Å²) in [6.07, 6.45) is 4.57. The van der Waals surface area contributed by atoms with E-state index in [0.717, 1.165) is 27.7 Å². The molecule has 298 valence electrons. The normalized spacial score (nSPS) is 24.3. The predicted octanol–water partition coefficient (Wildman–Crippen LogP) is 8.41. The molecule has 2 saturated heterocycles. The maximum Gasteiger partial charge on any atom is 0.238 e. The van der Waals surface area contributed by atoms with Gasteiger partial charge in [0.1, 0.15) is 22.5 Å². The van der Waals surface area contributed by atoms with Crippen molar-refractivity contribution in [3.05, 3.63) is 144 Å². The number of para-hydroxylation sites is 4. The number of hydrogen-bond acceptors (Lipinski definition) is 10. The largest absolute Gasteiger partial charge is 0.508 e. The Morgan fingerprint density at radius 2 is 1.18 bits per heavy atom. The van der Waals surface area contributed by atoms with E-state index in [1.807, 2.05) is 54.6 Å². The van der Waals surface area contributed by atoms with Crippen LogP contribution in [0, 0.1) is 35.5 Å².